The van der Waals surface area contributed by atoms with Gasteiger partial charge in [-0.3, -0.25) is 14.2 Å². The van der Waals surface area contributed by atoms with Crippen LogP contribution in [0.15, 0.2) is 75.1 Å². The largest absolute Gasteiger partial charge is 0.493 e. The van der Waals surface area contributed by atoms with Crippen LogP contribution in [0.1, 0.15) is 21.5 Å². The molecule has 0 aliphatic rings. The second kappa shape index (κ2) is 10.5. The number of benzene rings is 3. The molecule has 4 rings (SSSR count). The Morgan fingerprint density at radius 2 is 1.57 bits per heavy atom. The molecule has 0 unspecified atom stereocenters. The van der Waals surface area contributed by atoms with Gasteiger partial charge in [0.25, 0.3) is 11.5 Å². The van der Waals surface area contributed by atoms with Crippen molar-refractivity contribution < 1.29 is 14.3 Å². The van der Waals surface area contributed by atoms with Crippen LogP contribution in [0, 0.1) is 0 Å². The van der Waals surface area contributed by atoms with E-state index in [1.165, 1.54) is 19.1 Å². The number of H-pyrrole nitrogens is 1. The molecule has 0 saturated carbocycles. The first-order chi connectivity index (χ1) is 16.9. The van der Waals surface area contributed by atoms with E-state index in [-0.39, 0.29) is 12.5 Å². The molecule has 2 N–H and O–H groups in total. The molecule has 0 bridgehead atoms. The molecule has 0 aliphatic carbocycles. The van der Waals surface area contributed by atoms with Gasteiger partial charge in [0.2, 0.25) is 0 Å². The van der Waals surface area contributed by atoms with E-state index in [1.54, 1.807) is 48.2 Å². The van der Waals surface area contributed by atoms with Crippen molar-refractivity contribution >= 4 is 28.6 Å². The third-order valence-electron chi connectivity index (χ3n) is 5.65. The van der Waals surface area contributed by atoms with Gasteiger partial charge in [-0.1, -0.05) is 24.3 Å². The zero-order chi connectivity index (χ0) is 24.9. The van der Waals surface area contributed by atoms with Gasteiger partial charge in [0.05, 0.1) is 31.7 Å². The van der Waals surface area contributed by atoms with Gasteiger partial charge in [0.15, 0.2) is 11.5 Å². The van der Waals surface area contributed by atoms with Crippen molar-refractivity contribution in [1.29, 1.82) is 0 Å². The highest BCUT2D eigenvalue weighted by atomic mass is 32.2. The second-order valence-corrected chi connectivity index (χ2v) is 8.68. The summed E-state index contributed by atoms with van der Waals surface area (Å²) < 4.78 is 11.6. The molecular weight excluding hydrogens is 466 g/mol. The Morgan fingerprint density at radius 1 is 0.943 bits per heavy atom. The molecule has 180 valence electrons. The summed E-state index contributed by atoms with van der Waals surface area (Å²) in [4.78, 5) is 42.1. The molecule has 0 atom stereocenters. The molecule has 1 heterocycles. The Bertz CT molecular complexity index is 1470. The number of hydrogen-bond donors (Lipinski definition) is 2. The van der Waals surface area contributed by atoms with Gasteiger partial charge >= 0.3 is 5.69 Å². The molecule has 0 radical (unpaired) electrons. The molecule has 9 heteroatoms. The van der Waals surface area contributed by atoms with Crippen molar-refractivity contribution in [3.8, 4) is 11.5 Å². The van der Waals surface area contributed by atoms with Crippen molar-refractivity contribution in [2.45, 2.75) is 18.0 Å². The van der Waals surface area contributed by atoms with E-state index in [1.807, 2.05) is 30.5 Å². The van der Waals surface area contributed by atoms with Gasteiger partial charge in [-0.25, -0.2) is 4.79 Å². The highest BCUT2D eigenvalue weighted by Gasteiger charge is 2.13. The Morgan fingerprint density at radius 3 is 2.20 bits per heavy atom. The van der Waals surface area contributed by atoms with Gasteiger partial charge in [-0.2, -0.15) is 0 Å². The molecule has 0 aliphatic heterocycles. The van der Waals surface area contributed by atoms with Crippen molar-refractivity contribution in [3.63, 3.8) is 0 Å². The Hall–Kier alpha value is -3.98. The third-order valence-corrected chi connectivity index (χ3v) is 6.40. The lowest BCUT2D eigenvalue weighted by atomic mass is 10.1. The molecule has 35 heavy (non-hydrogen) atoms. The first-order valence-electron chi connectivity index (χ1n) is 10.8. The first kappa shape index (κ1) is 24.2. The fraction of sp³-hybridized carbons (Fsp3) is 0.192. The normalized spacial score (nSPS) is 10.8. The van der Waals surface area contributed by atoms with E-state index in [0.717, 1.165) is 10.1 Å². The monoisotopic (exact) mass is 491 g/mol. The quantitative estimate of drug-likeness (QED) is 0.366. The lowest BCUT2D eigenvalue weighted by Crippen LogP contribution is -2.35. The third kappa shape index (κ3) is 5.25. The minimum absolute atomic E-state index is 0.0577. The molecule has 0 spiro atoms. The van der Waals surface area contributed by atoms with Gasteiger partial charge < -0.3 is 19.8 Å². The van der Waals surface area contributed by atoms with Crippen LogP contribution >= 0.6 is 11.8 Å². The minimum atomic E-state index is -0.538. The average Bonchev–Trinajstić information content (AvgIpc) is 2.89. The number of hydrogen-bond acceptors (Lipinski definition) is 6. The van der Waals surface area contributed by atoms with Gasteiger partial charge in [-0.15, -0.1) is 11.8 Å². The smallest absolute Gasteiger partial charge is 0.329 e. The van der Waals surface area contributed by atoms with Crippen LogP contribution in [0.4, 0.5) is 0 Å². The van der Waals surface area contributed by atoms with Crippen molar-refractivity contribution in [2.75, 3.05) is 20.5 Å². The Kier molecular flexibility index (Phi) is 7.26. The number of methoxy groups -OCH3 is 2. The van der Waals surface area contributed by atoms with Crippen LogP contribution in [0.2, 0.25) is 0 Å². The average molecular weight is 492 g/mol. The highest BCUT2D eigenvalue weighted by Crippen LogP contribution is 2.29. The van der Waals surface area contributed by atoms with Crippen LogP contribution in [0.25, 0.3) is 10.9 Å². The maximum absolute atomic E-state index is 13.0. The fourth-order valence-electron chi connectivity index (χ4n) is 3.70. The predicted octanol–water partition coefficient (Wildman–Crippen LogP) is 3.41. The number of amides is 1. The molecule has 4 aromatic rings. The number of rotatable bonds is 8. The Balaban J connectivity index is 1.50. The van der Waals surface area contributed by atoms with Crippen LogP contribution in [0.5, 0.6) is 11.5 Å². The molecule has 0 saturated heterocycles. The number of carbonyl (C=O) groups excluding carboxylic acids is 1. The first-order valence-corrected chi connectivity index (χ1v) is 12.0. The SMILES string of the molecule is COc1cc2[nH]c(=O)n(Cc3ccc(C(=O)NCc4ccc(SC)cc4)cc3)c(=O)c2cc1OC. The lowest BCUT2D eigenvalue weighted by molar-refractivity contribution is 0.0951. The minimum Gasteiger partial charge on any atom is -0.493 e. The standard InChI is InChI=1S/C26H25N3O5S/c1-33-22-12-20-21(13-23(22)34-2)28-26(32)29(25(20)31)15-17-4-8-18(9-5-17)24(30)27-14-16-6-10-19(35-3)11-7-16/h4-13H,14-15H2,1-3H3,(H,27,30)(H,28,32). The number of fused-ring (bicyclic) bond motifs is 1. The number of thioether (sulfide) groups is 1. The molecule has 8 nitrogen and oxygen atoms in total. The predicted molar refractivity (Wildman–Crippen MR) is 137 cm³/mol. The van der Waals surface area contributed by atoms with Crippen molar-refractivity contribution in [2.24, 2.45) is 0 Å². The molecule has 1 aromatic heterocycles. The maximum Gasteiger partial charge on any atom is 0.329 e. The van der Waals surface area contributed by atoms with E-state index >= 15 is 0 Å². The topological polar surface area (TPSA) is 102 Å². The summed E-state index contributed by atoms with van der Waals surface area (Å²) in [5.41, 5.74) is 1.59. The van der Waals surface area contributed by atoms with Crippen LogP contribution in [-0.4, -0.2) is 35.9 Å². The van der Waals surface area contributed by atoms with Crippen LogP contribution in [-0.2, 0) is 13.1 Å². The van der Waals surface area contributed by atoms with E-state index < -0.39 is 11.2 Å². The fourth-order valence-corrected chi connectivity index (χ4v) is 4.10. The second-order valence-electron chi connectivity index (χ2n) is 7.80. The van der Waals surface area contributed by atoms with E-state index in [9.17, 15) is 14.4 Å². The number of aromatic nitrogens is 2. The zero-order valence-electron chi connectivity index (χ0n) is 19.6. The van der Waals surface area contributed by atoms with Crippen LogP contribution in [0.3, 0.4) is 0 Å². The lowest BCUT2D eigenvalue weighted by Gasteiger charge is -2.11. The summed E-state index contributed by atoms with van der Waals surface area (Å²) in [6, 6.07) is 17.9. The summed E-state index contributed by atoms with van der Waals surface area (Å²) in [5, 5.41) is 3.21. The van der Waals surface area contributed by atoms with Crippen molar-refractivity contribution in [1.82, 2.24) is 14.9 Å². The maximum atomic E-state index is 13.0. The van der Waals surface area contributed by atoms with Gasteiger partial charge in [-0.05, 0) is 47.7 Å². The number of ether oxygens (including phenoxy) is 2. The molecule has 1 amide bonds. The van der Waals surface area contributed by atoms with Crippen molar-refractivity contribution in [3.05, 3.63) is 98.2 Å². The van der Waals surface area contributed by atoms with Gasteiger partial charge in [0, 0.05) is 23.1 Å². The molecule has 0 fully saturated rings. The zero-order valence-corrected chi connectivity index (χ0v) is 20.4. The summed E-state index contributed by atoms with van der Waals surface area (Å²) in [5.74, 6) is 0.608. The number of aromatic amines is 1. The molecule has 3 aromatic carbocycles. The summed E-state index contributed by atoms with van der Waals surface area (Å²) >= 11 is 1.66. The van der Waals surface area contributed by atoms with Gasteiger partial charge in [0.1, 0.15) is 0 Å². The number of nitrogens with one attached hydrogen (secondary N) is 2. The number of carbonyl (C=O) groups is 1. The summed E-state index contributed by atoms with van der Waals surface area (Å²) in [7, 11) is 2.96. The Labute approximate surface area is 205 Å². The van der Waals surface area contributed by atoms with E-state index in [4.69, 9.17) is 9.47 Å². The van der Waals surface area contributed by atoms with E-state index in [2.05, 4.69) is 10.3 Å². The molecular formula is C26H25N3O5S. The van der Waals surface area contributed by atoms with Crippen LogP contribution < -0.4 is 26.0 Å². The number of nitrogens with zero attached hydrogens (tertiary/aromatic N) is 1. The summed E-state index contributed by atoms with van der Waals surface area (Å²) in [6.45, 7) is 0.480. The van der Waals surface area contributed by atoms with E-state index in [0.29, 0.717) is 40.1 Å². The summed E-state index contributed by atoms with van der Waals surface area (Å²) in [6.07, 6.45) is 2.02. The highest BCUT2D eigenvalue weighted by molar-refractivity contribution is 7.98.